The lowest BCUT2D eigenvalue weighted by Gasteiger charge is -2.15. The van der Waals surface area contributed by atoms with Crippen LogP contribution in [-0.4, -0.2) is 24.3 Å². The van der Waals surface area contributed by atoms with E-state index in [-0.39, 0.29) is 24.2 Å². The molecule has 3 N–H and O–H groups in total. The van der Waals surface area contributed by atoms with E-state index in [1.807, 2.05) is 0 Å². The van der Waals surface area contributed by atoms with Gasteiger partial charge in [0.15, 0.2) is 17.3 Å². The van der Waals surface area contributed by atoms with Gasteiger partial charge in [-0.05, 0) is 12.5 Å². The molecule has 19 heavy (non-hydrogen) atoms. The van der Waals surface area contributed by atoms with Crippen LogP contribution in [0.15, 0.2) is 12.1 Å². The highest BCUT2D eigenvalue weighted by atomic mass is 19.1. The van der Waals surface area contributed by atoms with E-state index in [9.17, 15) is 9.18 Å². The number of benzene rings is 1. The first-order valence-corrected chi connectivity index (χ1v) is 6.15. The predicted molar refractivity (Wildman–Crippen MR) is 65.8 cm³/mol. The average Bonchev–Trinajstić information content (AvgIpc) is 2.62. The van der Waals surface area contributed by atoms with E-state index in [2.05, 4.69) is 0 Å². The van der Waals surface area contributed by atoms with Crippen LogP contribution in [0.2, 0.25) is 0 Å². The number of carbonyl (C=O) groups is 1. The van der Waals surface area contributed by atoms with E-state index < -0.39 is 17.8 Å². The molecule has 1 atom stereocenters. The molecule has 104 valence electrons. The normalized spacial score (nSPS) is 15.7. The highest BCUT2D eigenvalue weighted by Crippen LogP contribution is 2.36. The number of halogens is 1. The van der Waals surface area contributed by atoms with Gasteiger partial charge in [0.1, 0.15) is 0 Å². The highest BCUT2D eigenvalue weighted by molar-refractivity contribution is 5.66. The molecule has 1 unspecified atom stereocenters. The number of rotatable bonds is 4. The summed E-state index contributed by atoms with van der Waals surface area (Å²) in [5.41, 5.74) is 6.07. The zero-order valence-corrected chi connectivity index (χ0v) is 10.4. The second-order valence-corrected chi connectivity index (χ2v) is 4.39. The summed E-state index contributed by atoms with van der Waals surface area (Å²) < 4.78 is 25.0. The van der Waals surface area contributed by atoms with Crippen molar-refractivity contribution < 1.29 is 23.8 Å². The van der Waals surface area contributed by atoms with Gasteiger partial charge in [0.25, 0.3) is 0 Å². The smallest absolute Gasteiger partial charge is 0.303 e. The van der Waals surface area contributed by atoms with Crippen LogP contribution < -0.4 is 15.2 Å². The van der Waals surface area contributed by atoms with Crippen molar-refractivity contribution in [3.05, 3.63) is 23.5 Å². The van der Waals surface area contributed by atoms with Crippen molar-refractivity contribution in [2.24, 2.45) is 5.73 Å². The Bertz CT molecular complexity index is 478. The maximum atomic E-state index is 14.3. The molecular formula is C13H16FNO4. The van der Waals surface area contributed by atoms with Gasteiger partial charge in [-0.15, -0.1) is 0 Å². The van der Waals surface area contributed by atoms with Gasteiger partial charge in [-0.1, -0.05) is 6.07 Å². The number of carboxylic acid groups (broad SMARTS) is 1. The molecule has 0 fully saturated rings. The molecular weight excluding hydrogens is 253 g/mol. The summed E-state index contributed by atoms with van der Waals surface area (Å²) in [4.78, 5) is 10.5. The molecule has 6 heteroatoms. The monoisotopic (exact) mass is 269 g/mol. The molecule has 5 nitrogen and oxygen atoms in total. The molecule has 1 heterocycles. The molecule has 0 amide bonds. The Morgan fingerprint density at radius 3 is 2.89 bits per heavy atom. The van der Waals surface area contributed by atoms with Gasteiger partial charge in [-0.2, -0.15) is 0 Å². The van der Waals surface area contributed by atoms with Gasteiger partial charge >= 0.3 is 5.97 Å². The van der Waals surface area contributed by atoms with Crippen molar-refractivity contribution in [3.63, 3.8) is 0 Å². The highest BCUT2D eigenvalue weighted by Gasteiger charge is 2.21. The zero-order chi connectivity index (χ0) is 13.8. The quantitative estimate of drug-likeness (QED) is 0.871. The number of hydrogen-bond donors (Lipinski definition) is 2. The minimum atomic E-state index is -0.954. The van der Waals surface area contributed by atoms with E-state index in [0.29, 0.717) is 25.4 Å². The standard InChI is InChI=1S/C13H16FNO4/c14-12-8(9(15)3-5-11(16)17)2-4-10-13(12)19-7-1-6-18-10/h2,4,9H,1,3,5-7,15H2,(H,16,17). The number of fused-ring (bicyclic) bond motifs is 1. The topological polar surface area (TPSA) is 81.8 Å². The number of carboxylic acids is 1. The molecule has 0 saturated carbocycles. The van der Waals surface area contributed by atoms with Crippen molar-refractivity contribution in [1.82, 2.24) is 0 Å². The molecule has 0 saturated heterocycles. The second-order valence-electron chi connectivity index (χ2n) is 4.39. The molecule has 0 aromatic heterocycles. The lowest BCUT2D eigenvalue weighted by atomic mass is 10.0. The molecule has 0 bridgehead atoms. The molecule has 1 aliphatic rings. The van der Waals surface area contributed by atoms with Crippen LogP contribution in [0.1, 0.15) is 30.9 Å². The predicted octanol–water partition coefficient (Wildman–Crippen LogP) is 1.85. The van der Waals surface area contributed by atoms with Crippen LogP contribution in [0.3, 0.4) is 0 Å². The summed E-state index contributed by atoms with van der Waals surface area (Å²) in [6, 6.07) is 2.46. The van der Waals surface area contributed by atoms with Crippen molar-refractivity contribution in [1.29, 1.82) is 0 Å². The minimum absolute atomic E-state index is 0.0702. The Morgan fingerprint density at radius 1 is 1.42 bits per heavy atom. The van der Waals surface area contributed by atoms with Gasteiger partial charge in [0, 0.05) is 24.4 Å². The Hall–Kier alpha value is -1.82. The maximum Gasteiger partial charge on any atom is 0.303 e. The molecule has 0 spiro atoms. The van der Waals surface area contributed by atoms with E-state index in [1.165, 1.54) is 6.07 Å². The Labute approximate surface area is 110 Å². The van der Waals surface area contributed by atoms with Gasteiger partial charge in [0.05, 0.1) is 13.2 Å². The fraction of sp³-hybridized carbons (Fsp3) is 0.462. The van der Waals surface area contributed by atoms with Crippen molar-refractivity contribution in [2.75, 3.05) is 13.2 Å². The van der Waals surface area contributed by atoms with Crippen LogP contribution in [-0.2, 0) is 4.79 Å². The molecule has 0 aliphatic carbocycles. The fourth-order valence-electron chi connectivity index (χ4n) is 1.94. The van der Waals surface area contributed by atoms with E-state index in [0.717, 1.165) is 0 Å². The number of hydrogen-bond acceptors (Lipinski definition) is 4. The summed E-state index contributed by atoms with van der Waals surface area (Å²) in [6.07, 6.45) is 0.759. The van der Waals surface area contributed by atoms with E-state index in [1.54, 1.807) is 6.07 Å². The van der Waals surface area contributed by atoms with Crippen molar-refractivity contribution in [2.45, 2.75) is 25.3 Å². The largest absolute Gasteiger partial charge is 0.489 e. The van der Waals surface area contributed by atoms with Gasteiger partial charge in [0.2, 0.25) is 0 Å². The summed E-state index contributed by atoms with van der Waals surface area (Å²) in [5.74, 6) is -1.08. The molecule has 1 aromatic carbocycles. The summed E-state index contributed by atoms with van der Waals surface area (Å²) in [7, 11) is 0. The van der Waals surface area contributed by atoms with Gasteiger partial charge < -0.3 is 20.3 Å². The molecule has 2 rings (SSSR count). The Morgan fingerprint density at radius 2 is 2.16 bits per heavy atom. The van der Waals surface area contributed by atoms with Crippen molar-refractivity contribution >= 4 is 5.97 Å². The van der Waals surface area contributed by atoms with Crippen LogP contribution in [0.5, 0.6) is 11.5 Å². The molecule has 1 aromatic rings. The van der Waals surface area contributed by atoms with E-state index >= 15 is 0 Å². The third-order valence-electron chi connectivity index (χ3n) is 2.95. The summed E-state index contributed by atoms with van der Waals surface area (Å²) >= 11 is 0. The minimum Gasteiger partial charge on any atom is -0.489 e. The first-order chi connectivity index (χ1) is 9.09. The third kappa shape index (κ3) is 3.14. The summed E-state index contributed by atoms with van der Waals surface area (Å²) in [5, 5.41) is 8.61. The van der Waals surface area contributed by atoms with E-state index in [4.69, 9.17) is 20.3 Å². The second kappa shape index (κ2) is 5.88. The first-order valence-electron chi connectivity index (χ1n) is 6.15. The molecule has 1 aliphatic heterocycles. The van der Waals surface area contributed by atoms with Crippen molar-refractivity contribution in [3.8, 4) is 11.5 Å². The van der Waals surface area contributed by atoms with Crippen LogP contribution in [0.25, 0.3) is 0 Å². The lowest BCUT2D eigenvalue weighted by Crippen LogP contribution is -2.14. The Kier molecular flexibility index (Phi) is 4.21. The zero-order valence-electron chi connectivity index (χ0n) is 10.4. The average molecular weight is 269 g/mol. The fourth-order valence-corrected chi connectivity index (χ4v) is 1.94. The number of nitrogens with two attached hydrogens (primary N) is 1. The lowest BCUT2D eigenvalue weighted by molar-refractivity contribution is -0.137. The number of aliphatic carboxylic acids is 1. The van der Waals surface area contributed by atoms with Gasteiger partial charge in [-0.25, -0.2) is 4.39 Å². The SMILES string of the molecule is NC(CCC(=O)O)c1ccc2c(c1F)OCCCO2. The number of ether oxygens (including phenoxy) is 2. The van der Waals surface area contributed by atoms with Crippen LogP contribution in [0, 0.1) is 5.82 Å². The van der Waals surface area contributed by atoms with Crippen LogP contribution in [0.4, 0.5) is 4.39 Å². The molecule has 0 radical (unpaired) electrons. The maximum absolute atomic E-state index is 14.3. The Balaban J connectivity index is 2.22. The summed E-state index contributed by atoms with van der Waals surface area (Å²) in [6.45, 7) is 0.870. The van der Waals surface area contributed by atoms with Crippen LogP contribution >= 0.6 is 0 Å². The van der Waals surface area contributed by atoms with Gasteiger partial charge in [-0.3, -0.25) is 4.79 Å². The third-order valence-corrected chi connectivity index (χ3v) is 2.95. The first kappa shape index (κ1) is 13.6.